The van der Waals surface area contributed by atoms with Gasteiger partial charge in [-0.25, -0.2) is 19.2 Å². The Morgan fingerprint density at radius 2 is 0.845 bits per heavy atom. The van der Waals surface area contributed by atoms with E-state index in [-0.39, 0.29) is 65.2 Å². The zero-order valence-electron chi connectivity index (χ0n) is 40.3. The van der Waals surface area contributed by atoms with Crippen LogP contribution in [0, 0.1) is 6.92 Å². The molecule has 0 aliphatic carbocycles. The second-order valence-corrected chi connectivity index (χ2v) is 16.9. The first-order valence-electron chi connectivity index (χ1n) is 22.5. The molecule has 6 aromatic rings. The summed E-state index contributed by atoms with van der Waals surface area (Å²) in [5, 5.41) is 5.33. The molecule has 71 heavy (non-hydrogen) atoms. The van der Waals surface area contributed by atoms with Gasteiger partial charge in [-0.15, -0.1) is 0 Å². The van der Waals surface area contributed by atoms with Crippen molar-refractivity contribution in [3.05, 3.63) is 197 Å². The molecule has 0 aliphatic heterocycles. The molecular formula is C57H54N2O12. The van der Waals surface area contributed by atoms with E-state index in [1.165, 1.54) is 45.2 Å². The summed E-state index contributed by atoms with van der Waals surface area (Å²) in [5.41, 5.74) is 4.28. The van der Waals surface area contributed by atoms with Gasteiger partial charge in [-0.1, -0.05) is 81.1 Å². The maximum atomic E-state index is 14.1. The van der Waals surface area contributed by atoms with Gasteiger partial charge in [0.15, 0.2) is 0 Å². The maximum absolute atomic E-state index is 14.1. The Morgan fingerprint density at radius 3 is 1.24 bits per heavy atom. The lowest BCUT2D eigenvalue weighted by molar-refractivity contribution is -0.140. The van der Waals surface area contributed by atoms with Crippen LogP contribution in [0.2, 0.25) is 0 Å². The van der Waals surface area contributed by atoms with Gasteiger partial charge in [0.25, 0.3) is 11.8 Å². The van der Waals surface area contributed by atoms with Crippen molar-refractivity contribution in [2.75, 3.05) is 38.8 Å². The second-order valence-electron chi connectivity index (χ2n) is 16.9. The largest absolute Gasteiger partial charge is 0.459 e. The Morgan fingerprint density at radius 1 is 0.479 bits per heavy atom. The Balaban J connectivity index is 1.16. The molecular weight excluding hydrogens is 905 g/mol. The number of rotatable bonds is 20. The van der Waals surface area contributed by atoms with Crippen LogP contribution in [0.1, 0.15) is 85.8 Å². The highest BCUT2D eigenvalue weighted by Crippen LogP contribution is 2.35. The van der Waals surface area contributed by atoms with Gasteiger partial charge < -0.3 is 39.1 Å². The highest BCUT2D eigenvalue weighted by atomic mass is 16.6. The fourth-order valence-corrected chi connectivity index (χ4v) is 6.98. The molecule has 0 bridgehead atoms. The van der Waals surface area contributed by atoms with Crippen molar-refractivity contribution in [3.63, 3.8) is 0 Å². The van der Waals surface area contributed by atoms with Gasteiger partial charge in [-0.3, -0.25) is 9.59 Å². The van der Waals surface area contributed by atoms with Crippen molar-refractivity contribution >= 4 is 41.4 Å². The minimum Gasteiger partial charge on any atom is -0.459 e. The number of amides is 2. The molecule has 0 radical (unpaired) electrons. The number of anilines is 1. The smallest absolute Gasteiger partial charge is 0.339 e. The molecule has 0 saturated carbocycles. The molecule has 364 valence electrons. The first-order valence-corrected chi connectivity index (χ1v) is 22.5. The van der Waals surface area contributed by atoms with E-state index in [0.717, 1.165) is 28.2 Å². The first-order chi connectivity index (χ1) is 33.9. The third-order valence-electron chi connectivity index (χ3n) is 11.1. The number of carbonyl (C=O) groups is 6. The fraction of sp³-hybridized carbons (Fsp3) is 0.193. The lowest BCUT2D eigenvalue weighted by atomic mass is 9.78. The molecule has 0 saturated heterocycles. The summed E-state index contributed by atoms with van der Waals surface area (Å²) in [6.45, 7) is 15.3. The van der Waals surface area contributed by atoms with Crippen LogP contribution in [0.15, 0.2) is 158 Å². The predicted octanol–water partition coefficient (Wildman–Crippen LogP) is 10.7. The fourth-order valence-electron chi connectivity index (χ4n) is 6.98. The average Bonchev–Trinajstić information content (AvgIpc) is 3.37. The zero-order valence-corrected chi connectivity index (χ0v) is 40.3. The molecule has 0 unspecified atom stereocenters. The quantitative estimate of drug-likeness (QED) is 0.0320. The normalized spacial score (nSPS) is 10.8. The minimum atomic E-state index is -0.870. The van der Waals surface area contributed by atoms with E-state index in [1.54, 1.807) is 36.4 Å². The van der Waals surface area contributed by atoms with Crippen molar-refractivity contribution < 1.29 is 57.2 Å². The van der Waals surface area contributed by atoms with E-state index in [2.05, 4.69) is 49.8 Å². The summed E-state index contributed by atoms with van der Waals surface area (Å²) >= 11 is 0. The number of carbonyl (C=O) groups excluding carboxylic acids is 6. The van der Waals surface area contributed by atoms with Crippen LogP contribution in [0.5, 0.6) is 23.0 Å². The Labute approximate surface area is 412 Å². The molecule has 0 atom stereocenters. The van der Waals surface area contributed by atoms with Gasteiger partial charge in [0.1, 0.15) is 49.4 Å². The molecule has 0 spiro atoms. The van der Waals surface area contributed by atoms with Crippen LogP contribution >= 0.6 is 0 Å². The van der Waals surface area contributed by atoms with Crippen molar-refractivity contribution in [2.45, 2.75) is 40.0 Å². The number of hydrogen-bond donors (Lipinski definition) is 2. The van der Waals surface area contributed by atoms with Crippen molar-refractivity contribution in [3.8, 4) is 34.1 Å². The van der Waals surface area contributed by atoms with Crippen LogP contribution in [0.4, 0.5) is 5.69 Å². The van der Waals surface area contributed by atoms with E-state index in [9.17, 15) is 28.8 Å². The van der Waals surface area contributed by atoms with E-state index < -0.39 is 35.7 Å². The summed E-state index contributed by atoms with van der Waals surface area (Å²) in [5.74, 6) is -1.65. The molecule has 6 rings (SSSR count). The number of benzene rings is 6. The molecule has 0 aromatic heterocycles. The lowest BCUT2D eigenvalue weighted by Crippen LogP contribution is -2.22. The van der Waals surface area contributed by atoms with E-state index >= 15 is 0 Å². The maximum Gasteiger partial charge on any atom is 0.339 e. The molecule has 0 aliphatic rings. The molecule has 14 heteroatoms. The van der Waals surface area contributed by atoms with Gasteiger partial charge in [0.05, 0.1) is 22.3 Å². The second kappa shape index (κ2) is 23.5. The first kappa shape index (κ1) is 51.6. The van der Waals surface area contributed by atoms with Crippen LogP contribution in [-0.2, 0) is 34.0 Å². The Bertz CT molecular complexity index is 2960. The van der Waals surface area contributed by atoms with Crippen molar-refractivity contribution in [1.29, 1.82) is 0 Å². The number of nitrogens with one attached hydrogen (secondary N) is 2. The summed E-state index contributed by atoms with van der Waals surface area (Å²) in [6, 6.07) is 39.2. The van der Waals surface area contributed by atoms with E-state index in [0.29, 0.717) is 28.3 Å². The summed E-state index contributed by atoms with van der Waals surface area (Å²) < 4.78 is 32.8. The number of ether oxygens (including phenoxy) is 6. The minimum absolute atomic E-state index is 0.0404. The van der Waals surface area contributed by atoms with Gasteiger partial charge >= 0.3 is 23.9 Å². The van der Waals surface area contributed by atoms with Crippen LogP contribution < -0.4 is 20.1 Å². The molecule has 2 amide bonds. The molecule has 0 heterocycles. The van der Waals surface area contributed by atoms with Gasteiger partial charge in [-0.05, 0) is 128 Å². The Hall–Kier alpha value is -8.78. The number of aryl methyl sites for hydroxylation is 1. The monoisotopic (exact) mass is 958 g/mol. The van der Waals surface area contributed by atoms with E-state index in [1.807, 2.05) is 67.6 Å². The van der Waals surface area contributed by atoms with Gasteiger partial charge in [-0.2, -0.15) is 0 Å². The van der Waals surface area contributed by atoms with Crippen LogP contribution in [0.25, 0.3) is 11.1 Å². The summed E-state index contributed by atoms with van der Waals surface area (Å²) in [7, 11) is 1.40. The molecule has 2 N–H and O–H groups in total. The average molecular weight is 959 g/mol. The number of esters is 4. The lowest BCUT2D eigenvalue weighted by Gasteiger charge is -2.26. The Kier molecular flexibility index (Phi) is 17.1. The summed E-state index contributed by atoms with van der Waals surface area (Å²) in [6.07, 6.45) is 0. The summed E-state index contributed by atoms with van der Waals surface area (Å²) in [4.78, 5) is 77.2. The van der Waals surface area contributed by atoms with Gasteiger partial charge in [0.2, 0.25) is 0 Å². The van der Waals surface area contributed by atoms with Crippen molar-refractivity contribution in [2.24, 2.45) is 0 Å². The molecule has 6 aromatic carbocycles. The highest BCUT2D eigenvalue weighted by Gasteiger charge is 2.25. The SMILES string of the molecule is C=C(C)C(=O)OCCOC(=O)c1ccc(-c2ccc(C(=O)OCCOC(=O)C(=C)C)c(C(=O)Nc3ccc(Oc4ccc(C(C)(C)c5ccc(Oc6ccc(C)cc6)cc5)cc4)cc3)c2)cc1C(=O)NC. The molecule has 14 nitrogen and oxygen atoms in total. The highest BCUT2D eigenvalue weighted by molar-refractivity contribution is 6.12. The third kappa shape index (κ3) is 13.7. The zero-order chi connectivity index (χ0) is 51.2. The van der Waals surface area contributed by atoms with E-state index in [4.69, 9.17) is 28.4 Å². The molecule has 0 fully saturated rings. The third-order valence-corrected chi connectivity index (χ3v) is 11.1. The number of hydrogen-bond acceptors (Lipinski definition) is 12. The van der Waals surface area contributed by atoms with Crippen LogP contribution in [0.3, 0.4) is 0 Å². The standard InChI is InChI=1S/C57H54N2O12/c1-35(2)53(62)66-29-31-68-55(64)47-27-11-38(33-49(47)51(60)58-8)39-12-28-48(56(65)69-32-30-67-54(63)36(3)4)50(34-39)52(61)59-42-17-25-46(26-18-42)71-45-23-15-41(16-24-45)57(6,7)40-13-21-44(22-14-40)70-43-19-9-37(5)10-20-43/h9-28,33-34H,1,3,29-32H2,2,4-8H3,(H,58,60)(H,59,61). The van der Waals surface area contributed by atoms with Gasteiger partial charge in [0, 0.05) is 29.3 Å². The van der Waals surface area contributed by atoms with Crippen molar-refractivity contribution in [1.82, 2.24) is 5.32 Å². The van der Waals surface area contributed by atoms with Crippen LogP contribution in [-0.4, -0.2) is 69.2 Å². The predicted molar refractivity (Wildman–Crippen MR) is 268 cm³/mol. The topological polar surface area (TPSA) is 182 Å².